The minimum absolute atomic E-state index is 0.665. The van der Waals surface area contributed by atoms with Crippen LogP contribution in [0.3, 0.4) is 0 Å². The van der Waals surface area contributed by atoms with Crippen LogP contribution in [0.15, 0.2) is 24.3 Å². The van der Waals surface area contributed by atoms with Crippen molar-refractivity contribution in [2.45, 2.75) is 10.9 Å². The first-order valence-electron chi connectivity index (χ1n) is 4.25. The molecule has 0 fully saturated rings. The molecule has 0 aromatic heterocycles. The van der Waals surface area contributed by atoms with Gasteiger partial charge in [-0.3, -0.25) is 10.1 Å². The molecule has 1 atom stereocenters. The van der Waals surface area contributed by atoms with Crippen molar-refractivity contribution in [2.24, 2.45) is 0 Å². The molecule has 1 aliphatic heterocycles. The maximum atomic E-state index is 10.9. The Balaban J connectivity index is 2.54. The third kappa shape index (κ3) is 1.42. The molecule has 1 heterocycles. The van der Waals surface area contributed by atoms with Crippen molar-refractivity contribution in [3.63, 3.8) is 0 Å². The number of rotatable bonds is 1. The van der Waals surface area contributed by atoms with Gasteiger partial charge in [-0.1, -0.05) is 40.2 Å². The Morgan fingerprint density at radius 1 is 1.46 bits per heavy atom. The fraction of sp³-hybridized carbons (Fsp3) is 0.300. The summed E-state index contributed by atoms with van der Waals surface area (Å²) in [6.07, 6.45) is 1.89. The summed E-state index contributed by atoms with van der Waals surface area (Å²) in [5.74, 6) is 0. The summed E-state index contributed by atoms with van der Waals surface area (Å²) in [6, 6.07) is 7.99. The van der Waals surface area contributed by atoms with Gasteiger partial charge < -0.3 is 0 Å². The number of aldehydes is 1. The number of hydrogen-bond acceptors (Lipinski definition) is 2. The molecule has 0 radical (unpaired) electrons. The van der Waals surface area contributed by atoms with E-state index in [1.807, 2.05) is 18.2 Å². The van der Waals surface area contributed by atoms with Crippen molar-refractivity contribution in [2.75, 3.05) is 6.54 Å². The van der Waals surface area contributed by atoms with E-state index in [0.717, 1.165) is 24.8 Å². The quantitative estimate of drug-likeness (QED) is 0.458. The van der Waals surface area contributed by atoms with E-state index in [4.69, 9.17) is 0 Å². The molecule has 0 saturated heterocycles. The first-order chi connectivity index (χ1) is 6.26. The highest BCUT2D eigenvalue weighted by Gasteiger charge is 2.32. The number of halogens is 1. The number of fused-ring (bicyclic) bond motifs is 1. The SMILES string of the molecule is O=CC1(Br)NCCc2ccccc21. The van der Waals surface area contributed by atoms with Crippen molar-refractivity contribution in [1.82, 2.24) is 5.32 Å². The molecule has 1 aliphatic rings. The van der Waals surface area contributed by atoms with Crippen LogP contribution in [0, 0.1) is 0 Å². The largest absolute Gasteiger partial charge is 0.300 e. The van der Waals surface area contributed by atoms with Gasteiger partial charge in [-0.15, -0.1) is 0 Å². The number of hydrogen-bond donors (Lipinski definition) is 1. The monoisotopic (exact) mass is 239 g/mol. The van der Waals surface area contributed by atoms with Crippen LogP contribution >= 0.6 is 15.9 Å². The summed E-state index contributed by atoms with van der Waals surface area (Å²) < 4.78 is -0.665. The van der Waals surface area contributed by atoms with E-state index in [1.54, 1.807) is 0 Å². The zero-order chi connectivity index (χ0) is 9.31. The lowest BCUT2D eigenvalue weighted by Gasteiger charge is -2.30. The Bertz CT molecular complexity index is 339. The fourth-order valence-corrected chi connectivity index (χ4v) is 2.26. The van der Waals surface area contributed by atoms with E-state index in [-0.39, 0.29) is 0 Å². The summed E-state index contributed by atoms with van der Waals surface area (Å²) >= 11 is 3.41. The highest BCUT2D eigenvalue weighted by atomic mass is 79.9. The molecule has 68 valence electrons. The van der Waals surface area contributed by atoms with E-state index in [1.165, 1.54) is 5.56 Å². The minimum Gasteiger partial charge on any atom is -0.300 e. The normalized spacial score (nSPS) is 26.5. The molecule has 1 aromatic carbocycles. The molecule has 1 aromatic rings. The van der Waals surface area contributed by atoms with Gasteiger partial charge in [0.25, 0.3) is 0 Å². The lowest BCUT2D eigenvalue weighted by molar-refractivity contribution is -0.110. The molecule has 1 N–H and O–H groups in total. The predicted octanol–water partition coefficient (Wildman–Crippen LogP) is 1.58. The summed E-state index contributed by atoms with van der Waals surface area (Å²) in [5.41, 5.74) is 2.28. The number of nitrogens with one attached hydrogen (secondary N) is 1. The predicted molar refractivity (Wildman–Crippen MR) is 54.8 cm³/mol. The van der Waals surface area contributed by atoms with E-state index in [9.17, 15) is 4.79 Å². The van der Waals surface area contributed by atoms with Crippen LogP contribution in [-0.4, -0.2) is 12.8 Å². The van der Waals surface area contributed by atoms with Gasteiger partial charge in [-0.2, -0.15) is 0 Å². The molecule has 1 unspecified atom stereocenters. The molecular weight excluding hydrogens is 230 g/mol. The lowest BCUT2D eigenvalue weighted by Crippen LogP contribution is -2.43. The smallest absolute Gasteiger partial charge is 0.156 e. The van der Waals surface area contributed by atoms with Crippen molar-refractivity contribution in [3.05, 3.63) is 35.4 Å². The Kier molecular flexibility index (Phi) is 2.22. The Hall–Kier alpha value is -0.670. The van der Waals surface area contributed by atoms with Crippen molar-refractivity contribution >= 4 is 22.2 Å². The average molecular weight is 240 g/mol. The first-order valence-corrected chi connectivity index (χ1v) is 5.04. The second kappa shape index (κ2) is 3.24. The number of carbonyl (C=O) groups is 1. The average Bonchev–Trinajstić information content (AvgIpc) is 2.19. The summed E-state index contributed by atoms with van der Waals surface area (Å²) in [7, 11) is 0. The molecule has 0 aliphatic carbocycles. The van der Waals surface area contributed by atoms with Gasteiger partial charge >= 0.3 is 0 Å². The number of alkyl halides is 1. The third-order valence-electron chi connectivity index (χ3n) is 2.35. The number of benzene rings is 1. The van der Waals surface area contributed by atoms with Crippen molar-refractivity contribution in [3.8, 4) is 0 Å². The van der Waals surface area contributed by atoms with Crippen molar-refractivity contribution < 1.29 is 4.79 Å². The zero-order valence-electron chi connectivity index (χ0n) is 7.09. The standard InChI is InChI=1S/C10H10BrNO/c11-10(7-13)9-4-2-1-3-8(9)5-6-12-10/h1-4,7,12H,5-6H2. The van der Waals surface area contributed by atoms with Gasteiger partial charge in [0.05, 0.1) is 0 Å². The molecule has 0 amide bonds. The summed E-state index contributed by atoms with van der Waals surface area (Å²) in [4.78, 5) is 10.9. The van der Waals surface area contributed by atoms with Crippen LogP contribution in [0.25, 0.3) is 0 Å². The van der Waals surface area contributed by atoms with Gasteiger partial charge in [0.2, 0.25) is 0 Å². The maximum absolute atomic E-state index is 10.9. The summed E-state index contributed by atoms with van der Waals surface area (Å²) in [5, 5.41) is 3.15. The molecule has 13 heavy (non-hydrogen) atoms. The second-order valence-corrected chi connectivity index (χ2v) is 4.41. The van der Waals surface area contributed by atoms with E-state index < -0.39 is 4.45 Å². The van der Waals surface area contributed by atoms with Gasteiger partial charge in [0.1, 0.15) is 0 Å². The number of carbonyl (C=O) groups excluding carboxylic acids is 1. The van der Waals surface area contributed by atoms with Crippen molar-refractivity contribution in [1.29, 1.82) is 0 Å². The highest BCUT2D eigenvalue weighted by molar-refractivity contribution is 9.10. The van der Waals surface area contributed by atoms with E-state index in [2.05, 4.69) is 27.3 Å². The van der Waals surface area contributed by atoms with Crippen LogP contribution < -0.4 is 5.32 Å². The molecular formula is C10H10BrNO. The molecule has 2 rings (SSSR count). The Morgan fingerprint density at radius 2 is 2.23 bits per heavy atom. The van der Waals surface area contributed by atoms with Crippen LogP contribution in [0.2, 0.25) is 0 Å². The Morgan fingerprint density at radius 3 is 3.00 bits per heavy atom. The molecule has 3 heteroatoms. The van der Waals surface area contributed by atoms with Crippen LogP contribution in [-0.2, 0) is 15.7 Å². The zero-order valence-corrected chi connectivity index (χ0v) is 8.67. The third-order valence-corrected chi connectivity index (χ3v) is 3.24. The van der Waals surface area contributed by atoms with Crippen LogP contribution in [0.4, 0.5) is 0 Å². The highest BCUT2D eigenvalue weighted by Crippen LogP contribution is 2.31. The van der Waals surface area contributed by atoms with Gasteiger partial charge in [0, 0.05) is 6.54 Å². The first kappa shape index (κ1) is 8.91. The molecule has 0 spiro atoms. The molecule has 0 bridgehead atoms. The molecule has 0 saturated carbocycles. The van der Waals surface area contributed by atoms with Crippen LogP contribution in [0.1, 0.15) is 11.1 Å². The fourth-order valence-electron chi connectivity index (χ4n) is 1.67. The van der Waals surface area contributed by atoms with Gasteiger partial charge in [-0.25, -0.2) is 0 Å². The molecule has 2 nitrogen and oxygen atoms in total. The summed E-state index contributed by atoms with van der Waals surface area (Å²) in [6.45, 7) is 0.834. The van der Waals surface area contributed by atoms with E-state index in [0.29, 0.717) is 0 Å². The topological polar surface area (TPSA) is 29.1 Å². The maximum Gasteiger partial charge on any atom is 0.156 e. The van der Waals surface area contributed by atoms with Crippen LogP contribution in [0.5, 0.6) is 0 Å². The lowest BCUT2D eigenvalue weighted by atomic mass is 9.95. The Labute approximate surface area is 85.5 Å². The van der Waals surface area contributed by atoms with E-state index >= 15 is 0 Å². The minimum atomic E-state index is -0.665. The van der Waals surface area contributed by atoms with Gasteiger partial charge in [-0.05, 0) is 17.5 Å². The second-order valence-electron chi connectivity index (χ2n) is 3.16. The van der Waals surface area contributed by atoms with Gasteiger partial charge in [0.15, 0.2) is 10.7 Å².